The van der Waals surface area contributed by atoms with Crippen LogP contribution in [0.1, 0.15) is 18.4 Å². The van der Waals surface area contributed by atoms with Crippen LogP contribution in [0.2, 0.25) is 0 Å². The summed E-state index contributed by atoms with van der Waals surface area (Å²) in [6, 6.07) is 2.78. The first-order chi connectivity index (χ1) is 10.0. The van der Waals surface area contributed by atoms with Gasteiger partial charge in [-0.25, -0.2) is 0 Å². The average Bonchev–Trinajstić information content (AvgIpc) is 2.50. The number of amides is 1. The van der Waals surface area contributed by atoms with Crippen molar-refractivity contribution in [3.05, 3.63) is 27.8 Å². The molecule has 3 N–H and O–H groups in total. The molecule has 0 aliphatic rings. The van der Waals surface area contributed by atoms with Crippen molar-refractivity contribution in [1.82, 2.24) is 5.32 Å². The van der Waals surface area contributed by atoms with Crippen molar-refractivity contribution in [3.63, 3.8) is 0 Å². The molecule has 0 bridgehead atoms. The van der Waals surface area contributed by atoms with Crippen molar-refractivity contribution in [3.8, 4) is 11.5 Å². The number of nitro benzene ring substituents is 1. The number of benzene rings is 1. The lowest BCUT2D eigenvalue weighted by Gasteiger charge is -2.12. The first-order valence-corrected chi connectivity index (χ1v) is 6.42. The molecule has 0 saturated carbocycles. The van der Waals surface area contributed by atoms with Gasteiger partial charge < -0.3 is 20.5 Å². The Labute approximate surface area is 122 Å². The maximum Gasteiger partial charge on any atom is 0.277 e. The number of ether oxygens (including phenoxy) is 2. The predicted octanol–water partition coefficient (Wildman–Crippen LogP) is 0.967. The molecule has 116 valence electrons. The van der Waals surface area contributed by atoms with Crippen molar-refractivity contribution >= 4 is 11.6 Å². The highest BCUT2D eigenvalue weighted by molar-refractivity contribution is 5.75. The molecule has 1 amide bonds. The quantitative estimate of drug-likeness (QED) is 0.419. The van der Waals surface area contributed by atoms with Gasteiger partial charge in [-0.1, -0.05) is 0 Å². The Hall–Kier alpha value is -2.35. The molecular weight excluding hydrogens is 278 g/mol. The van der Waals surface area contributed by atoms with Crippen molar-refractivity contribution in [2.24, 2.45) is 5.73 Å². The Morgan fingerprint density at radius 1 is 1.43 bits per heavy atom. The van der Waals surface area contributed by atoms with Crippen LogP contribution >= 0.6 is 0 Å². The lowest BCUT2D eigenvalue weighted by molar-refractivity contribution is -0.385. The normalized spacial score (nSPS) is 10.0. The summed E-state index contributed by atoms with van der Waals surface area (Å²) in [6.45, 7) is 0.284. The van der Waals surface area contributed by atoms with E-state index in [1.54, 1.807) is 7.05 Å². The molecule has 0 radical (unpaired) electrons. The molecule has 21 heavy (non-hydrogen) atoms. The van der Waals surface area contributed by atoms with Gasteiger partial charge in [-0.2, -0.15) is 0 Å². The number of nitrogens with two attached hydrogens (primary N) is 1. The van der Waals surface area contributed by atoms with Gasteiger partial charge in [0, 0.05) is 25.6 Å². The summed E-state index contributed by atoms with van der Waals surface area (Å²) in [7, 11) is 3.00. The molecule has 0 aliphatic carbocycles. The van der Waals surface area contributed by atoms with E-state index in [0.717, 1.165) is 0 Å². The number of hydrogen-bond acceptors (Lipinski definition) is 6. The third-order valence-corrected chi connectivity index (χ3v) is 2.87. The maximum absolute atomic E-state index is 11.1. The first-order valence-electron chi connectivity index (χ1n) is 6.42. The molecule has 0 spiro atoms. The van der Waals surface area contributed by atoms with Crippen molar-refractivity contribution in [1.29, 1.82) is 0 Å². The van der Waals surface area contributed by atoms with Crippen LogP contribution in [0.15, 0.2) is 12.1 Å². The van der Waals surface area contributed by atoms with Gasteiger partial charge in [0.05, 0.1) is 24.7 Å². The highest BCUT2D eigenvalue weighted by Gasteiger charge is 2.18. The maximum atomic E-state index is 11.1. The summed E-state index contributed by atoms with van der Waals surface area (Å²) in [4.78, 5) is 21.6. The van der Waals surface area contributed by atoms with Gasteiger partial charge in [0.15, 0.2) is 11.5 Å². The van der Waals surface area contributed by atoms with E-state index in [4.69, 9.17) is 15.2 Å². The van der Waals surface area contributed by atoms with Crippen LogP contribution in [-0.4, -0.2) is 31.6 Å². The van der Waals surface area contributed by atoms with Gasteiger partial charge in [-0.05, 0) is 12.5 Å². The fourth-order valence-electron chi connectivity index (χ4n) is 1.74. The lowest BCUT2D eigenvalue weighted by Crippen LogP contribution is -2.18. The van der Waals surface area contributed by atoms with E-state index >= 15 is 0 Å². The van der Waals surface area contributed by atoms with Crippen LogP contribution in [-0.2, 0) is 11.3 Å². The number of carbonyl (C=O) groups is 1. The molecule has 0 aromatic heterocycles. The second kappa shape index (κ2) is 8.05. The molecule has 1 rings (SSSR count). The number of nitrogens with one attached hydrogen (secondary N) is 1. The average molecular weight is 297 g/mol. The SMILES string of the molecule is CNC(=O)CCCOc1cc([N+](=O)[O-])c(CN)cc1OC. The van der Waals surface area contributed by atoms with Gasteiger partial charge in [-0.15, -0.1) is 0 Å². The van der Waals surface area contributed by atoms with E-state index < -0.39 is 4.92 Å². The summed E-state index contributed by atoms with van der Waals surface area (Å²) in [5.74, 6) is 0.550. The van der Waals surface area contributed by atoms with Crippen LogP contribution in [0.5, 0.6) is 11.5 Å². The highest BCUT2D eigenvalue weighted by Crippen LogP contribution is 2.34. The molecule has 0 heterocycles. The zero-order valence-corrected chi connectivity index (χ0v) is 12.0. The standard InChI is InChI=1S/C13H19N3O5/c1-15-13(17)4-3-5-21-12-7-10(16(18)19)9(8-14)6-11(12)20-2/h6-7H,3-5,8,14H2,1-2H3,(H,15,17). The molecule has 0 unspecified atom stereocenters. The van der Waals surface area contributed by atoms with Crippen molar-refractivity contribution < 1.29 is 19.2 Å². The second-order valence-corrected chi connectivity index (χ2v) is 4.22. The van der Waals surface area contributed by atoms with E-state index in [9.17, 15) is 14.9 Å². The van der Waals surface area contributed by atoms with Crippen LogP contribution in [0.3, 0.4) is 0 Å². The Balaban J connectivity index is 2.82. The zero-order chi connectivity index (χ0) is 15.8. The molecule has 0 fully saturated rings. The molecule has 8 nitrogen and oxygen atoms in total. The minimum Gasteiger partial charge on any atom is -0.493 e. The summed E-state index contributed by atoms with van der Waals surface area (Å²) >= 11 is 0. The second-order valence-electron chi connectivity index (χ2n) is 4.22. The summed E-state index contributed by atoms with van der Waals surface area (Å²) in [5, 5.41) is 13.5. The zero-order valence-electron chi connectivity index (χ0n) is 12.0. The van der Waals surface area contributed by atoms with E-state index in [0.29, 0.717) is 24.2 Å². The third kappa shape index (κ3) is 4.60. The predicted molar refractivity (Wildman–Crippen MR) is 76.3 cm³/mol. The third-order valence-electron chi connectivity index (χ3n) is 2.87. The van der Waals surface area contributed by atoms with E-state index in [1.807, 2.05) is 0 Å². The number of hydrogen-bond donors (Lipinski definition) is 2. The molecule has 0 atom stereocenters. The number of nitrogens with zero attached hydrogens (tertiary/aromatic N) is 1. The first kappa shape index (κ1) is 16.7. The van der Waals surface area contributed by atoms with E-state index in [-0.39, 0.29) is 30.5 Å². The fourth-order valence-corrected chi connectivity index (χ4v) is 1.74. The smallest absolute Gasteiger partial charge is 0.277 e. The van der Waals surface area contributed by atoms with Crippen LogP contribution in [0.4, 0.5) is 5.69 Å². The van der Waals surface area contributed by atoms with Crippen LogP contribution in [0.25, 0.3) is 0 Å². The van der Waals surface area contributed by atoms with Crippen molar-refractivity contribution in [2.45, 2.75) is 19.4 Å². The number of rotatable bonds is 8. The summed E-state index contributed by atoms with van der Waals surface area (Å²) in [6.07, 6.45) is 0.817. The van der Waals surface area contributed by atoms with Gasteiger partial charge in [0.1, 0.15) is 0 Å². The monoisotopic (exact) mass is 297 g/mol. The van der Waals surface area contributed by atoms with Crippen LogP contribution in [0, 0.1) is 10.1 Å². The molecular formula is C13H19N3O5. The fraction of sp³-hybridized carbons (Fsp3) is 0.462. The molecule has 0 saturated heterocycles. The molecule has 8 heteroatoms. The highest BCUT2D eigenvalue weighted by atomic mass is 16.6. The van der Waals surface area contributed by atoms with Crippen LogP contribution < -0.4 is 20.5 Å². The number of carbonyl (C=O) groups excluding carboxylic acids is 1. The Morgan fingerprint density at radius 3 is 2.67 bits per heavy atom. The molecule has 1 aromatic carbocycles. The largest absolute Gasteiger partial charge is 0.493 e. The Morgan fingerprint density at radius 2 is 2.14 bits per heavy atom. The summed E-state index contributed by atoms with van der Waals surface area (Å²) in [5.41, 5.74) is 5.75. The van der Waals surface area contributed by atoms with Gasteiger partial charge in [0.2, 0.25) is 5.91 Å². The Kier molecular flexibility index (Phi) is 6.41. The number of methoxy groups -OCH3 is 1. The minimum absolute atomic E-state index is 0.0314. The van der Waals surface area contributed by atoms with E-state index in [2.05, 4.69) is 5.32 Å². The lowest BCUT2D eigenvalue weighted by atomic mass is 10.1. The topological polar surface area (TPSA) is 117 Å². The van der Waals surface area contributed by atoms with Gasteiger partial charge >= 0.3 is 0 Å². The summed E-state index contributed by atoms with van der Waals surface area (Å²) < 4.78 is 10.6. The molecule has 0 aliphatic heterocycles. The Bertz CT molecular complexity index is 519. The number of nitro groups is 1. The van der Waals surface area contributed by atoms with Crippen molar-refractivity contribution in [2.75, 3.05) is 20.8 Å². The van der Waals surface area contributed by atoms with Gasteiger partial charge in [-0.3, -0.25) is 14.9 Å². The molecule has 1 aromatic rings. The van der Waals surface area contributed by atoms with Gasteiger partial charge in [0.25, 0.3) is 5.69 Å². The van der Waals surface area contributed by atoms with E-state index in [1.165, 1.54) is 19.2 Å². The minimum atomic E-state index is -0.515.